The maximum atomic E-state index is 13.7. The minimum Gasteiger partial charge on any atom is -0.492 e. The molecule has 204 valence electrons. The zero-order chi connectivity index (χ0) is 28.0. The molecule has 0 saturated carbocycles. The zero-order valence-electron chi connectivity index (χ0n) is 24.1. The van der Waals surface area contributed by atoms with E-state index in [2.05, 4.69) is 12.2 Å². The third-order valence-corrected chi connectivity index (χ3v) is 5.61. The van der Waals surface area contributed by atoms with Crippen LogP contribution in [0.5, 0.6) is 5.75 Å². The van der Waals surface area contributed by atoms with Crippen LogP contribution in [0.15, 0.2) is 40.8 Å². The van der Waals surface area contributed by atoms with Crippen molar-refractivity contribution >= 4 is 22.7 Å². The van der Waals surface area contributed by atoms with Gasteiger partial charge in [-0.15, -0.1) is 0 Å². The molecule has 0 unspecified atom stereocenters. The lowest BCUT2D eigenvalue weighted by molar-refractivity contribution is -0.147. The standard InChI is InChI=1S/C27H33NO5.2C2H6/c1-6-19(5)32-24(29)16-23-25(21-10-8-9-11-22(21)33-23)26(30)20-14-17(3)27(18(4)15-20)31-13-12-28-7-2;2*1-2/h8-11,14-15,19,28H,6-7,12-13,16H2,1-5H3;2*1-2H3/t19-;;/m0../s1. The summed E-state index contributed by atoms with van der Waals surface area (Å²) in [6.07, 6.45) is 0.439. The van der Waals surface area contributed by atoms with Gasteiger partial charge in [0.1, 0.15) is 30.1 Å². The van der Waals surface area contributed by atoms with Gasteiger partial charge in [0, 0.05) is 17.5 Å². The van der Waals surface area contributed by atoms with Crippen molar-refractivity contribution in [2.24, 2.45) is 0 Å². The molecule has 0 aliphatic heterocycles. The van der Waals surface area contributed by atoms with Crippen LogP contribution in [0, 0.1) is 13.8 Å². The molecule has 2 aromatic carbocycles. The molecule has 1 atom stereocenters. The van der Waals surface area contributed by atoms with Crippen molar-refractivity contribution in [2.75, 3.05) is 19.7 Å². The van der Waals surface area contributed by atoms with Gasteiger partial charge in [0.2, 0.25) is 0 Å². The summed E-state index contributed by atoms with van der Waals surface area (Å²) < 4.78 is 17.3. The largest absolute Gasteiger partial charge is 0.492 e. The van der Waals surface area contributed by atoms with Crippen molar-refractivity contribution < 1.29 is 23.5 Å². The van der Waals surface area contributed by atoms with Crippen molar-refractivity contribution in [3.63, 3.8) is 0 Å². The van der Waals surface area contributed by atoms with E-state index in [1.165, 1.54) is 0 Å². The molecule has 6 heteroatoms. The number of fused-ring (bicyclic) bond motifs is 1. The van der Waals surface area contributed by atoms with Crippen molar-refractivity contribution in [3.8, 4) is 5.75 Å². The summed E-state index contributed by atoms with van der Waals surface area (Å²) >= 11 is 0. The number of likely N-dealkylation sites (N-methyl/N-ethyl adjacent to an activating group) is 1. The van der Waals surface area contributed by atoms with E-state index in [4.69, 9.17) is 13.9 Å². The van der Waals surface area contributed by atoms with E-state index in [0.29, 0.717) is 34.5 Å². The summed E-state index contributed by atoms with van der Waals surface area (Å²) in [5, 5.41) is 3.92. The van der Waals surface area contributed by atoms with Crippen molar-refractivity contribution in [2.45, 2.75) is 81.3 Å². The summed E-state index contributed by atoms with van der Waals surface area (Å²) in [6.45, 7) is 19.9. The first kappa shape index (κ1) is 31.9. The first-order chi connectivity index (χ1) is 17.8. The lowest BCUT2D eigenvalue weighted by Crippen LogP contribution is -2.20. The minimum absolute atomic E-state index is 0.0936. The van der Waals surface area contributed by atoms with Crippen LogP contribution in [0.25, 0.3) is 11.0 Å². The van der Waals surface area contributed by atoms with Crippen LogP contribution < -0.4 is 10.1 Å². The Morgan fingerprint density at radius 1 is 1.00 bits per heavy atom. The Morgan fingerprint density at radius 2 is 1.62 bits per heavy atom. The van der Waals surface area contributed by atoms with Crippen molar-refractivity contribution in [1.29, 1.82) is 0 Å². The van der Waals surface area contributed by atoms with E-state index < -0.39 is 5.97 Å². The highest BCUT2D eigenvalue weighted by atomic mass is 16.5. The van der Waals surface area contributed by atoms with Gasteiger partial charge in [0.15, 0.2) is 5.78 Å². The Bertz CT molecular complexity index is 1110. The first-order valence-electron chi connectivity index (χ1n) is 13.5. The molecular formula is C31H45NO5. The number of benzene rings is 2. The number of nitrogens with one attached hydrogen (secondary N) is 1. The summed E-state index contributed by atoms with van der Waals surface area (Å²) in [7, 11) is 0. The predicted octanol–water partition coefficient (Wildman–Crippen LogP) is 7.21. The number of furan rings is 1. The van der Waals surface area contributed by atoms with Crippen LogP contribution in [0.4, 0.5) is 0 Å². The molecule has 6 nitrogen and oxygen atoms in total. The number of ether oxygens (including phenoxy) is 2. The molecule has 1 heterocycles. The molecule has 0 aliphatic carbocycles. The first-order valence-corrected chi connectivity index (χ1v) is 13.5. The van der Waals surface area contributed by atoms with Crippen LogP contribution in [-0.2, 0) is 16.0 Å². The number of hydrogen-bond acceptors (Lipinski definition) is 6. The van der Waals surface area contributed by atoms with Gasteiger partial charge < -0.3 is 19.2 Å². The van der Waals surface area contributed by atoms with Gasteiger partial charge in [0.05, 0.1) is 11.7 Å². The Kier molecular flexibility index (Phi) is 14.3. The topological polar surface area (TPSA) is 77.8 Å². The van der Waals surface area contributed by atoms with Gasteiger partial charge in [-0.25, -0.2) is 0 Å². The van der Waals surface area contributed by atoms with Gasteiger partial charge in [-0.05, 0) is 63.1 Å². The molecule has 0 fully saturated rings. The summed E-state index contributed by atoms with van der Waals surface area (Å²) in [6, 6.07) is 11.0. The summed E-state index contributed by atoms with van der Waals surface area (Å²) in [5.74, 6) is 0.528. The third-order valence-electron chi connectivity index (χ3n) is 5.61. The smallest absolute Gasteiger partial charge is 0.313 e. The molecule has 0 aliphatic rings. The summed E-state index contributed by atoms with van der Waals surface area (Å²) in [4.78, 5) is 26.1. The second-order valence-electron chi connectivity index (χ2n) is 8.25. The van der Waals surface area contributed by atoms with Crippen LogP contribution >= 0.6 is 0 Å². The highest BCUT2D eigenvalue weighted by molar-refractivity contribution is 6.17. The number of rotatable bonds is 11. The SMILES string of the molecule is CC.CC.CCNCCOc1c(C)cc(C(=O)c2c(CC(=O)O[C@@H](C)CC)oc3ccccc23)cc1C. The fourth-order valence-electron chi connectivity index (χ4n) is 3.81. The lowest BCUT2D eigenvalue weighted by Gasteiger charge is -2.14. The van der Waals surface area contributed by atoms with Gasteiger partial charge in [0.25, 0.3) is 0 Å². The zero-order valence-corrected chi connectivity index (χ0v) is 24.1. The number of ketones is 1. The number of carbonyl (C=O) groups excluding carboxylic acids is 2. The monoisotopic (exact) mass is 511 g/mol. The van der Waals surface area contributed by atoms with E-state index >= 15 is 0 Å². The fourth-order valence-corrected chi connectivity index (χ4v) is 3.81. The van der Waals surface area contributed by atoms with E-state index in [9.17, 15) is 9.59 Å². The number of esters is 1. The molecule has 0 radical (unpaired) electrons. The van der Waals surface area contributed by atoms with Crippen molar-refractivity contribution in [1.82, 2.24) is 5.32 Å². The van der Waals surface area contributed by atoms with E-state index in [-0.39, 0.29) is 18.3 Å². The van der Waals surface area contributed by atoms with Gasteiger partial charge in [-0.1, -0.05) is 59.7 Å². The van der Waals surface area contributed by atoms with Crippen molar-refractivity contribution in [3.05, 3.63) is 64.4 Å². The number of para-hydroxylation sites is 1. The molecule has 0 spiro atoms. The molecule has 1 N–H and O–H groups in total. The fraction of sp³-hybridized carbons (Fsp3) is 0.484. The normalized spacial score (nSPS) is 11.1. The Hall–Kier alpha value is -3.12. The van der Waals surface area contributed by atoms with E-state index in [1.807, 2.05) is 85.7 Å². The molecule has 37 heavy (non-hydrogen) atoms. The molecule has 0 amide bonds. The third kappa shape index (κ3) is 8.74. The van der Waals surface area contributed by atoms with Crippen LogP contribution in [0.1, 0.15) is 87.7 Å². The minimum atomic E-state index is -0.408. The molecular weight excluding hydrogens is 466 g/mol. The van der Waals surface area contributed by atoms with E-state index in [1.54, 1.807) is 6.07 Å². The summed E-state index contributed by atoms with van der Waals surface area (Å²) in [5.41, 5.74) is 3.29. The molecule has 3 aromatic rings. The quantitative estimate of drug-likeness (QED) is 0.167. The molecule has 3 rings (SSSR count). The second kappa shape index (κ2) is 16.6. The van der Waals surface area contributed by atoms with Crippen LogP contribution in [0.3, 0.4) is 0 Å². The van der Waals surface area contributed by atoms with E-state index in [0.717, 1.165) is 36.4 Å². The average Bonchev–Trinajstić information content (AvgIpc) is 3.26. The Labute approximate surface area is 222 Å². The number of hydrogen-bond donors (Lipinski definition) is 1. The Morgan fingerprint density at radius 3 is 2.22 bits per heavy atom. The maximum absolute atomic E-state index is 13.7. The highest BCUT2D eigenvalue weighted by Gasteiger charge is 2.25. The Balaban J connectivity index is 0.00000163. The second-order valence-corrected chi connectivity index (χ2v) is 8.25. The van der Waals surface area contributed by atoms with Crippen LogP contribution in [0.2, 0.25) is 0 Å². The predicted molar refractivity (Wildman–Crippen MR) is 152 cm³/mol. The molecule has 1 aromatic heterocycles. The number of aryl methyl sites for hydroxylation is 2. The van der Waals surface area contributed by atoms with Gasteiger partial charge in [-0.3, -0.25) is 9.59 Å². The number of carbonyl (C=O) groups is 2. The van der Waals surface area contributed by atoms with Gasteiger partial charge in [-0.2, -0.15) is 0 Å². The van der Waals surface area contributed by atoms with Gasteiger partial charge >= 0.3 is 5.97 Å². The average molecular weight is 512 g/mol. The highest BCUT2D eigenvalue weighted by Crippen LogP contribution is 2.31. The molecule has 0 saturated heterocycles. The lowest BCUT2D eigenvalue weighted by atomic mass is 9.96. The maximum Gasteiger partial charge on any atom is 0.313 e. The molecule has 0 bridgehead atoms. The van der Waals surface area contributed by atoms with Crippen LogP contribution in [-0.4, -0.2) is 37.6 Å².